The molecule has 0 aliphatic carbocycles. The summed E-state index contributed by atoms with van der Waals surface area (Å²) in [6.07, 6.45) is 0. The number of hydroxylamine groups is 2. The van der Waals surface area contributed by atoms with Crippen molar-refractivity contribution in [2.75, 3.05) is 5.32 Å². The normalized spacial score (nSPS) is 12.8. The van der Waals surface area contributed by atoms with Gasteiger partial charge in [0.15, 0.2) is 0 Å². The summed E-state index contributed by atoms with van der Waals surface area (Å²) in [4.78, 5) is 54.1. The molecule has 8 heteroatoms. The Kier molecular flexibility index (Phi) is 4.89. The van der Waals surface area contributed by atoms with E-state index in [9.17, 15) is 19.2 Å². The highest BCUT2D eigenvalue weighted by Crippen LogP contribution is 2.24. The van der Waals surface area contributed by atoms with Crippen LogP contribution in [0.1, 0.15) is 44.9 Å². The van der Waals surface area contributed by atoms with Gasteiger partial charge in [-0.2, -0.15) is 0 Å². The maximum absolute atomic E-state index is 12.5. The molecule has 2 aromatic carbocycles. The van der Waals surface area contributed by atoms with Crippen LogP contribution < -0.4 is 10.6 Å². The van der Waals surface area contributed by atoms with Gasteiger partial charge in [0.2, 0.25) is 0 Å². The topological polar surface area (TPSA) is 105 Å². The molecule has 2 N–H and O–H groups in total. The number of rotatable bonds is 4. The fraction of sp³-hybridized carbons (Fsp3) is 0.158. The Hall–Kier alpha value is -3.68. The minimum Gasteiger partial charge on any atom is -0.336 e. The average Bonchev–Trinajstić information content (AvgIpc) is 2.87. The Morgan fingerprint density at radius 3 is 2.07 bits per heavy atom. The van der Waals surface area contributed by atoms with E-state index < -0.39 is 23.8 Å². The molecule has 0 aromatic heterocycles. The number of amides is 4. The Morgan fingerprint density at radius 2 is 1.48 bits per heavy atom. The number of urea groups is 1. The molecule has 3 rings (SSSR count). The van der Waals surface area contributed by atoms with Crippen molar-refractivity contribution in [3.05, 3.63) is 65.2 Å². The minimum absolute atomic E-state index is 0.00737. The van der Waals surface area contributed by atoms with Gasteiger partial charge >= 0.3 is 12.0 Å². The lowest BCUT2D eigenvalue weighted by atomic mass is 10.1. The number of carbonyl (C=O) groups excluding carboxylic acids is 4. The largest absolute Gasteiger partial charge is 0.366 e. The molecular formula is C19H17N3O5. The first kappa shape index (κ1) is 18.1. The molecule has 0 unspecified atom stereocenters. The van der Waals surface area contributed by atoms with Crippen LogP contribution in [0.3, 0.4) is 0 Å². The van der Waals surface area contributed by atoms with E-state index in [1.54, 1.807) is 38.1 Å². The summed E-state index contributed by atoms with van der Waals surface area (Å²) in [5, 5.41) is 5.61. The van der Waals surface area contributed by atoms with E-state index in [2.05, 4.69) is 10.6 Å². The van der Waals surface area contributed by atoms with Crippen LogP contribution in [0.25, 0.3) is 0 Å². The third-order valence-corrected chi connectivity index (χ3v) is 3.75. The first-order chi connectivity index (χ1) is 12.9. The van der Waals surface area contributed by atoms with Gasteiger partial charge in [0.05, 0.1) is 22.4 Å². The molecule has 1 aliphatic rings. The third-order valence-electron chi connectivity index (χ3n) is 3.75. The smallest absolute Gasteiger partial charge is 0.336 e. The number of anilines is 1. The lowest BCUT2D eigenvalue weighted by Gasteiger charge is -2.15. The second-order valence-electron chi connectivity index (χ2n) is 6.13. The summed E-state index contributed by atoms with van der Waals surface area (Å²) in [7, 11) is 0. The van der Waals surface area contributed by atoms with E-state index in [4.69, 9.17) is 4.84 Å². The molecule has 0 fully saturated rings. The molecule has 1 heterocycles. The number of nitrogens with zero attached hydrogens (tertiary/aromatic N) is 1. The van der Waals surface area contributed by atoms with Gasteiger partial charge < -0.3 is 15.5 Å². The number of hydrogen-bond donors (Lipinski definition) is 2. The van der Waals surface area contributed by atoms with Crippen LogP contribution in [0.2, 0.25) is 0 Å². The highest BCUT2D eigenvalue weighted by atomic mass is 16.7. The van der Waals surface area contributed by atoms with E-state index in [1.807, 2.05) is 0 Å². The number of benzene rings is 2. The van der Waals surface area contributed by atoms with Crippen LogP contribution in [0.4, 0.5) is 10.5 Å². The van der Waals surface area contributed by atoms with Gasteiger partial charge in [-0.15, -0.1) is 0 Å². The number of hydrogen-bond acceptors (Lipinski definition) is 5. The van der Waals surface area contributed by atoms with Crippen molar-refractivity contribution < 1.29 is 24.0 Å². The van der Waals surface area contributed by atoms with E-state index in [0.29, 0.717) is 5.06 Å². The monoisotopic (exact) mass is 367 g/mol. The predicted molar refractivity (Wildman–Crippen MR) is 96.1 cm³/mol. The molecule has 0 atom stereocenters. The molecule has 27 heavy (non-hydrogen) atoms. The summed E-state index contributed by atoms with van der Waals surface area (Å²) in [5.41, 5.74) is 0.529. The van der Waals surface area contributed by atoms with Gasteiger partial charge in [-0.3, -0.25) is 9.59 Å². The predicted octanol–water partition coefficient (Wildman–Crippen LogP) is 2.58. The van der Waals surface area contributed by atoms with Gasteiger partial charge in [0, 0.05) is 6.04 Å². The Labute approximate surface area is 155 Å². The number of nitrogens with one attached hydrogen (secondary N) is 2. The van der Waals surface area contributed by atoms with Crippen molar-refractivity contribution in [1.82, 2.24) is 10.4 Å². The first-order valence-corrected chi connectivity index (χ1v) is 8.25. The van der Waals surface area contributed by atoms with E-state index in [1.165, 1.54) is 24.3 Å². The summed E-state index contributed by atoms with van der Waals surface area (Å²) in [5.74, 6) is -2.37. The van der Waals surface area contributed by atoms with E-state index in [-0.39, 0.29) is 28.4 Å². The Balaban J connectivity index is 1.79. The third kappa shape index (κ3) is 3.64. The fourth-order valence-electron chi connectivity index (χ4n) is 2.57. The van der Waals surface area contributed by atoms with Crippen molar-refractivity contribution in [1.29, 1.82) is 0 Å². The standard InChI is InChI=1S/C19H17N3O5/c1-11(2)20-19(26)21-15-10-6-5-9-14(15)18(25)27-22-16(23)12-7-3-4-8-13(12)17(22)24/h3-11H,1-2H3,(H2,20,21,26). The Morgan fingerprint density at radius 1 is 0.926 bits per heavy atom. The zero-order chi connectivity index (χ0) is 19.6. The number of imide groups is 1. The molecule has 8 nitrogen and oxygen atoms in total. The molecule has 0 bridgehead atoms. The molecular weight excluding hydrogens is 350 g/mol. The molecule has 138 valence electrons. The van der Waals surface area contributed by atoms with E-state index >= 15 is 0 Å². The highest BCUT2D eigenvalue weighted by Gasteiger charge is 2.39. The van der Waals surface area contributed by atoms with Gasteiger partial charge in [-0.05, 0) is 38.1 Å². The summed E-state index contributed by atoms with van der Waals surface area (Å²) in [6, 6.07) is 11.7. The molecule has 1 aliphatic heterocycles. The summed E-state index contributed by atoms with van der Waals surface area (Å²) < 4.78 is 0. The molecule has 0 saturated carbocycles. The van der Waals surface area contributed by atoms with Crippen molar-refractivity contribution in [3.8, 4) is 0 Å². The number of carbonyl (C=O) groups is 4. The molecule has 0 spiro atoms. The minimum atomic E-state index is -0.940. The van der Waals surface area contributed by atoms with Crippen molar-refractivity contribution in [2.24, 2.45) is 0 Å². The summed E-state index contributed by atoms with van der Waals surface area (Å²) in [6.45, 7) is 3.59. The zero-order valence-electron chi connectivity index (χ0n) is 14.7. The van der Waals surface area contributed by atoms with Crippen molar-refractivity contribution >= 4 is 29.5 Å². The lowest BCUT2D eigenvalue weighted by molar-refractivity contribution is -0.0583. The molecule has 4 amide bonds. The van der Waals surface area contributed by atoms with Gasteiger partial charge in [-0.25, -0.2) is 9.59 Å². The average molecular weight is 367 g/mol. The summed E-state index contributed by atoms with van der Waals surface area (Å²) >= 11 is 0. The van der Waals surface area contributed by atoms with Crippen LogP contribution in [0.5, 0.6) is 0 Å². The van der Waals surface area contributed by atoms with Gasteiger partial charge in [0.25, 0.3) is 11.8 Å². The molecule has 0 radical (unpaired) electrons. The van der Waals surface area contributed by atoms with E-state index in [0.717, 1.165) is 0 Å². The van der Waals surface area contributed by atoms with Gasteiger partial charge in [-0.1, -0.05) is 29.3 Å². The van der Waals surface area contributed by atoms with Crippen LogP contribution in [-0.2, 0) is 4.84 Å². The van der Waals surface area contributed by atoms with Crippen LogP contribution in [0, 0.1) is 0 Å². The lowest BCUT2D eigenvalue weighted by Crippen LogP contribution is -2.35. The quantitative estimate of drug-likeness (QED) is 0.808. The second kappa shape index (κ2) is 7.28. The molecule has 2 aromatic rings. The first-order valence-electron chi connectivity index (χ1n) is 8.25. The van der Waals surface area contributed by atoms with Crippen LogP contribution >= 0.6 is 0 Å². The number of para-hydroxylation sites is 1. The van der Waals surface area contributed by atoms with Crippen molar-refractivity contribution in [2.45, 2.75) is 19.9 Å². The fourth-order valence-corrected chi connectivity index (χ4v) is 2.57. The SMILES string of the molecule is CC(C)NC(=O)Nc1ccccc1C(=O)ON1C(=O)c2ccccc2C1=O. The Bertz CT molecular complexity index is 903. The van der Waals surface area contributed by atoms with Crippen LogP contribution in [0.15, 0.2) is 48.5 Å². The second-order valence-corrected chi connectivity index (χ2v) is 6.13. The van der Waals surface area contributed by atoms with Gasteiger partial charge in [0.1, 0.15) is 0 Å². The van der Waals surface area contributed by atoms with Crippen molar-refractivity contribution in [3.63, 3.8) is 0 Å². The maximum Gasteiger partial charge on any atom is 0.366 e. The number of fused-ring (bicyclic) bond motifs is 1. The highest BCUT2D eigenvalue weighted by molar-refractivity contribution is 6.21. The van der Waals surface area contributed by atoms with Crippen LogP contribution in [-0.4, -0.2) is 34.9 Å². The zero-order valence-corrected chi connectivity index (χ0v) is 14.7. The maximum atomic E-state index is 12.5. The molecule has 0 saturated heterocycles.